The lowest BCUT2D eigenvalue weighted by Gasteiger charge is -2.10. The van der Waals surface area contributed by atoms with Gasteiger partial charge in [-0.25, -0.2) is 4.98 Å². The first-order valence-electron chi connectivity index (χ1n) is 10.2. The molecule has 2 N–H and O–H groups in total. The molecule has 2 aromatic heterocycles. The van der Waals surface area contributed by atoms with Crippen molar-refractivity contribution in [1.29, 1.82) is 0 Å². The second kappa shape index (κ2) is 11.3. The third-order valence-corrected chi connectivity index (χ3v) is 6.52. The Hall–Kier alpha value is -2.69. The average Bonchev–Trinajstić information content (AvgIpc) is 3.35. The molecule has 162 valence electrons. The van der Waals surface area contributed by atoms with Crippen molar-refractivity contribution in [3.63, 3.8) is 0 Å². The van der Waals surface area contributed by atoms with Crippen LogP contribution in [-0.4, -0.2) is 27.0 Å². The van der Waals surface area contributed by atoms with E-state index in [1.165, 1.54) is 0 Å². The molecule has 1 amide bonds. The molecular weight excluding hydrogens is 533 g/mol. The predicted octanol–water partition coefficient (Wildman–Crippen LogP) is 5.49. The Bertz CT molecular complexity index is 1150. The van der Waals surface area contributed by atoms with Crippen LogP contribution in [0.4, 0.5) is 5.69 Å². The van der Waals surface area contributed by atoms with Gasteiger partial charge in [-0.1, -0.05) is 6.07 Å². The predicted molar refractivity (Wildman–Crippen MR) is 137 cm³/mol. The molecule has 4 rings (SSSR count). The normalized spacial score (nSPS) is 10.8. The smallest absolute Gasteiger partial charge is 0.255 e. The van der Waals surface area contributed by atoms with Gasteiger partial charge in [-0.05, 0) is 95.6 Å². The number of halogens is 1. The summed E-state index contributed by atoms with van der Waals surface area (Å²) < 4.78 is 6.50. The van der Waals surface area contributed by atoms with Crippen LogP contribution in [0.2, 0.25) is 0 Å². The molecule has 4 aromatic rings. The molecule has 0 unspecified atom stereocenters. The first kappa shape index (κ1) is 22.5. The number of benzene rings is 2. The number of amides is 1. The number of hydrogen-bond donors (Lipinski definition) is 2. The molecular formula is C24H22IN5OS. The van der Waals surface area contributed by atoms with Crippen molar-refractivity contribution in [2.75, 3.05) is 11.9 Å². The molecule has 2 aromatic carbocycles. The summed E-state index contributed by atoms with van der Waals surface area (Å²) in [5, 5.41) is 2.99. The zero-order valence-corrected chi connectivity index (χ0v) is 20.2. The van der Waals surface area contributed by atoms with Crippen molar-refractivity contribution >= 4 is 46.1 Å². The molecule has 0 aliphatic carbocycles. The Morgan fingerprint density at radius 3 is 2.69 bits per heavy atom. The minimum Gasteiger partial charge on any atom is -0.337 e. The van der Waals surface area contributed by atoms with Gasteiger partial charge in [0.05, 0.1) is 12.0 Å². The first-order valence-corrected chi connectivity index (χ1v) is 12.1. The van der Waals surface area contributed by atoms with Crippen molar-refractivity contribution in [2.24, 2.45) is 0 Å². The van der Waals surface area contributed by atoms with Crippen LogP contribution in [0.3, 0.4) is 0 Å². The van der Waals surface area contributed by atoms with Gasteiger partial charge in [0.1, 0.15) is 0 Å². The van der Waals surface area contributed by atoms with Crippen molar-refractivity contribution in [1.82, 2.24) is 19.3 Å². The monoisotopic (exact) mass is 555 g/mol. The van der Waals surface area contributed by atoms with Gasteiger partial charge in [-0.3, -0.25) is 14.5 Å². The topological polar surface area (TPSA) is 71.8 Å². The number of rotatable bonds is 9. The molecule has 0 bridgehead atoms. The number of aromatic nitrogens is 3. The Labute approximate surface area is 205 Å². The van der Waals surface area contributed by atoms with Gasteiger partial charge in [0.2, 0.25) is 0 Å². The summed E-state index contributed by atoms with van der Waals surface area (Å²) in [4.78, 5) is 22.2. The van der Waals surface area contributed by atoms with E-state index >= 15 is 0 Å². The second-order valence-corrected chi connectivity index (χ2v) is 9.16. The van der Waals surface area contributed by atoms with Gasteiger partial charge in [-0.15, -0.1) is 0 Å². The maximum Gasteiger partial charge on any atom is 0.255 e. The van der Waals surface area contributed by atoms with Crippen molar-refractivity contribution in [3.05, 3.63) is 94.7 Å². The third kappa shape index (κ3) is 6.18. The van der Waals surface area contributed by atoms with E-state index in [1.54, 1.807) is 24.3 Å². The summed E-state index contributed by atoms with van der Waals surface area (Å²) in [6, 6.07) is 19.3. The number of aryl methyl sites for hydroxylation is 1. The Kier molecular flexibility index (Phi) is 7.92. The van der Waals surface area contributed by atoms with E-state index in [0.29, 0.717) is 5.56 Å². The van der Waals surface area contributed by atoms with Crippen molar-refractivity contribution in [3.8, 4) is 11.3 Å². The van der Waals surface area contributed by atoms with E-state index in [9.17, 15) is 4.79 Å². The molecule has 32 heavy (non-hydrogen) atoms. The Balaban J connectivity index is 1.30. The molecule has 0 atom stereocenters. The summed E-state index contributed by atoms with van der Waals surface area (Å²) in [5.74, 6) is -0.136. The molecule has 0 fully saturated rings. The number of imidazole rings is 1. The minimum atomic E-state index is -0.136. The van der Waals surface area contributed by atoms with Crippen LogP contribution in [-0.2, 0) is 6.54 Å². The lowest BCUT2D eigenvalue weighted by Crippen LogP contribution is -2.12. The summed E-state index contributed by atoms with van der Waals surface area (Å²) in [6.45, 7) is 1.82. The highest BCUT2D eigenvalue weighted by atomic mass is 127. The van der Waals surface area contributed by atoms with Crippen LogP contribution in [0.5, 0.6) is 0 Å². The first-order chi connectivity index (χ1) is 15.7. The molecule has 0 spiro atoms. The van der Waals surface area contributed by atoms with Gasteiger partial charge in [0.25, 0.3) is 5.91 Å². The van der Waals surface area contributed by atoms with E-state index in [0.717, 1.165) is 44.9 Å². The van der Waals surface area contributed by atoms with E-state index < -0.39 is 0 Å². The number of pyridine rings is 1. The minimum absolute atomic E-state index is 0.136. The van der Waals surface area contributed by atoms with Crippen LogP contribution in [0.15, 0.2) is 90.5 Å². The Morgan fingerprint density at radius 2 is 1.94 bits per heavy atom. The van der Waals surface area contributed by atoms with E-state index in [2.05, 4.69) is 47.2 Å². The van der Waals surface area contributed by atoms with Crippen molar-refractivity contribution in [2.45, 2.75) is 17.9 Å². The summed E-state index contributed by atoms with van der Waals surface area (Å²) >= 11 is 3.85. The summed E-state index contributed by atoms with van der Waals surface area (Å²) in [6.07, 6.45) is 8.36. The SMILES string of the molecule is O=C(Nc1ccc(I)c(-c2ccccn2)c1)c1ccc(SNCCCn2ccnc2)cc1. The van der Waals surface area contributed by atoms with Crippen LogP contribution in [0.25, 0.3) is 11.3 Å². The highest BCUT2D eigenvalue weighted by Crippen LogP contribution is 2.27. The molecule has 6 nitrogen and oxygen atoms in total. The number of hydrogen-bond acceptors (Lipinski definition) is 5. The number of nitrogens with one attached hydrogen (secondary N) is 2. The number of carbonyl (C=O) groups is 1. The fraction of sp³-hybridized carbons (Fsp3) is 0.125. The van der Waals surface area contributed by atoms with E-state index in [4.69, 9.17) is 0 Å². The standard InChI is InChI=1S/C24H22IN5OS/c25-22-10-7-19(16-21(22)23-4-1-2-11-27-23)29-24(31)18-5-8-20(9-6-18)32-28-12-3-14-30-15-13-26-17-30/h1-2,4-11,13,15-17,28H,3,12,14H2,(H,29,31). The zero-order valence-electron chi connectivity index (χ0n) is 17.2. The summed E-state index contributed by atoms with van der Waals surface area (Å²) in [5.41, 5.74) is 3.24. The highest BCUT2D eigenvalue weighted by Gasteiger charge is 2.10. The number of nitrogens with zero attached hydrogens (tertiary/aromatic N) is 3. The van der Waals surface area contributed by atoms with E-state index in [1.807, 2.05) is 73.2 Å². The van der Waals surface area contributed by atoms with Crippen LogP contribution < -0.4 is 10.0 Å². The van der Waals surface area contributed by atoms with Gasteiger partial charge >= 0.3 is 0 Å². The van der Waals surface area contributed by atoms with Crippen molar-refractivity contribution < 1.29 is 4.79 Å². The lowest BCUT2D eigenvalue weighted by atomic mass is 10.1. The van der Waals surface area contributed by atoms with Gasteiger partial charge in [-0.2, -0.15) is 0 Å². The molecule has 0 aliphatic rings. The fourth-order valence-corrected chi connectivity index (χ4v) is 4.38. The fourth-order valence-electron chi connectivity index (χ4n) is 3.09. The highest BCUT2D eigenvalue weighted by molar-refractivity contribution is 14.1. The van der Waals surface area contributed by atoms with Gasteiger partial charge in [0, 0.05) is 57.0 Å². The molecule has 2 heterocycles. The number of carbonyl (C=O) groups excluding carboxylic acids is 1. The zero-order chi connectivity index (χ0) is 22.2. The van der Waals surface area contributed by atoms with Gasteiger partial charge in [0.15, 0.2) is 0 Å². The number of anilines is 1. The lowest BCUT2D eigenvalue weighted by molar-refractivity contribution is 0.102. The maximum absolute atomic E-state index is 12.7. The van der Waals surface area contributed by atoms with E-state index in [-0.39, 0.29) is 5.91 Å². The second-order valence-electron chi connectivity index (χ2n) is 7.04. The van der Waals surface area contributed by atoms with Gasteiger partial charge < -0.3 is 9.88 Å². The largest absolute Gasteiger partial charge is 0.337 e. The molecule has 0 saturated heterocycles. The maximum atomic E-state index is 12.7. The Morgan fingerprint density at radius 1 is 1.06 bits per heavy atom. The summed E-state index contributed by atoms with van der Waals surface area (Å²) in [7, 11) is 0. The average molecular weight is 555 g/mol. The molecule has 0 aliphatic heterocycles. The molecule has 0 radical (unpaired) electrons. The molecule has 8 heteroatoms. The van der Waals surface area contributed by atoms with Crippen LogP contribution in [0.1, 0.15) is 16.8 Å². The van der Waals surface area contributed by atoms with Crippen LogP contribution >= 0.6 is 34.5 Å². The third-order valence-electron chi connectivity index (χ3n) is 4.73. The molecule has 0 saturated carbocycles. The quantitative estimate of drug-likeness (QED) is 0.162. The van der Waals surface area contributed by atoms with Crippen LogP contribution in [0, 0.1) is 3.57 Å².